The highest BCUT2D eigenvalue weighted by molar-refractivity contribution is 5.74. The number of carbonyl (C=O) groups excluding carboxylic acids is 1. The molecule has 1 saturated heterocycles. The van der Waals surface area contributed by atoms with Crippen LogP contribution in [0.25, 0.3) is 0 Å². The minimum Gasteiger partial charge on any atom is -0.335 e. The van der Waals surface area contributed by atoms with Crippen LogP contribution in [0.5, 0.6) is 0 Å². The first kappa shape index (κ1) is 18.0. The molecule has 2 amide bonds. The van der Waals surface area contributed by atoms with Gasteiger partial charge >= 0.3 is 6.03 Å². The molecule has 2 fully saturated rings. The van der Waals surface area contributed by atoms with Crippen LogP contribution >= 0.6 is 0 Å². The Morgan fingerprint density at radius 2 is 1.93 bits per heavy atom. The van der Waals surface area contributed by atoms with Crippen LogP contribution in [0.15, 0.2) is 36.7 Å². The Labute approximate surface area is 161 Å². The molecule has 1 aromatic heterocycles. The van der Waals surface area contributed by atoms with E-state index in [1.54, 1.807) is 0 Å². The number of rotatable bonds is 5. The summed E-state index contributed by atoms with van der Waals surface area (Å²) >= 11 is 0. The summed E-state index contributed by atoms with van der Waals surface area (Å²) in [7, 11) is 0. The highest BCUT2D eigenvalue weighted by Gasteiger charge is 2.27. The van der Waals surface area contributed by atoms with Gasteiger partial charge in [-0.25, -0.2) is 4.79 Å². The van der Waals surface area contributed by atoms with Gasteiger partial charge in [0.25, 0.3) is 0 Å². The van der Waals surface area contributed by atoms with E-state index >= 15 is 0 Å². The van der Waals surface area contributed by atoms with Crippen molar-refractivity contribution in [2.45, 2.75) is 57.5 Å². The van der Waals surface area contributed by atoms with Crippen LogP contribution in [0.2, 0.25) is 0 Å². The molecule has 4 rings (SSSR count). The normalized spacial score (nSPS) is 20.7. The molecule has 1 N–H and O–H groups in total. The van der Waals surface area contributed by atoms with Gasteiger partial charge in [0.15, 0.2) is 0 Å². The lowest BCUT2D eigenvalue weighted by Gasteiger charge is -2.33. The van der Waals surface area contributed by atoms with Gasteiger partial charge in [-0.2, -0.15) is 0 Å². The van der Waals surface area contributed by atoms with Crippen molar-refractivity contribution >= 4 is 6.03 Å². The third-order valence-electron chi connectivity index (χ3n) is 5.85. The number of benzene rings is 1. The molecule has 0 spiro atoms. The van der Waals surface area contributed by atoms with Crippen molar-refractivity contribution in [3.05, 3.63) is 48.0 Å². The lowest BCUT2D eigenvalue weighted by atomic mass is 9.94. The van der Waals surface area contributed by atoms with E-state index in [4.69, 9.17) is 0 Å². The summed E-state index contributed by atoms with van der Waals surface area (Å²) < 4.78 is 2.13. The summed E-state index contributed by atoms with van der Waals surface area (Å²) in [6.45, 7) is 2.48. The van der Waals surface area contributed by atoms with Crippen LogP contribution < -0.4 is 5.32 Å². The van der Waals surface area contributed by atoms with Crippen LogP contribution in [0.1, 0.15) is 49.9 Å². The molecule has 2 aromatic rings. The molecule has 27 heavy (non-hydrogen) atoms. The Morgan fingerprint density at radius 1 is 1.11 bits per heavy atom. The first-order chi connectivity index (χ1) is 13.3. The highest BCUT2D eigenvalue weighted by atomic mass is 16.2. The lowest BCUT2D eigenvalue weighted by molar-refractivity contribution is 0.161. The number of urea groups is 1. The molecule has 0 bridgehead atoms. The van der Waals surface area contributed by atoms with Gasteiger partial charge in [-0.05, 0) is 37.2 Å². The van der Waals surface area contributed by atoms with Gasteiger partial charge in [-0.3, -0.25) is 0 Å². The van der Waals surface area contributed by atoms with Gasteiger partial charge in [0.2, 0.25) is 0 Å². The third-order valence-corrected chi connectivity index (χ3v) is 5.85. The number of likely N-dealkylation sites (tertiary alicyclic amines) is 1. The zero-order valence-corrected chi connectivity index (χ0v) is 15.9. The summed E-state index contributed by atoms with van der Waals surface area (Å²) in [5.41, 5.74) is 1.25. The van der Waals surface area contributed by atoms with E-state index in [-0.39, 0.29) is 6.03 Å². The Balaban J connectivity index is 1.34. The molecular formula is C21H29N5O. The molecule has 1 atom stereocenters. The number of hydrogen-bond acceptors (Lipinski definition) is 3. The summed E-state index contributed by atoms with van der Waals surface area (Å²) in [6.07, 6.45) is 9.64. The molecule has 1 saturated carbocycles. The highest BCUT2D eigenvalue weighted by Crippen LogP contribution is 2.22. The number of nitrogens with one attached hydrogen (secondary N) is 1. The molecule has 6 nitrogen and oxygen atoms in total. The lowest BCUT2D eigenvalue weighted by Crippen LogP contribution is -2.48. The van der Waals surface area contributed by atoms with Crippen molar-refractivity contribution in [3.63, 3.8) is 0 Å². The second kappa shape index (κ2) is 8.55. The average molecular weight is 367 g/mol. The Bertz CT molecular complexity index is 738. The maximum atomic E-state index is 12.6. The fraction of sp³-hybridized carbons (Fsp3) is 0.571. The van der Waals surface area contributed by atoms with Crippen LogP contribution in [0.4, 0.5) is 4.79 Å². The van der Waals surface area contributed by atoms with Crippen molar-refractivity contribution in [2.75, 3.05) is 13.1 Å². The van der Waals surface area contributed by atoms with Crippen molar-refractivity contribution in [1.82, 2.24) is 25.0 Å². The predicted molar refractivity (Wildman–Crippen MR) is 104 cm³/mol. The van der Waals surface area contributed by atoms with Crippen molar-refractivity contribution in [3.8, 4) is 0 Å². The Hall–Kier alpha value is -2.37. The number of nitrogens with zero attached hydrogens (tertiary/aromatic N) is 4. The second-order valence-electron chi connectivity index (χ2n) is 7.95. The maximum Gasteiger partial charge on any atom is 0.317 e. The Morgan fingerprint density at radius 3 is 2.74 bits per heavy atom. The van der Waals surface area contributed by atoms with Gasteiger partial charge in [-0.1, -0.05) is 43.2 Å². The topological polar surface area (TPSA) is 63.1 Å². The van der Waals surface area contributed by atoms with E-state index in [1.165, 1.54) is 18.4 Å². The van der Waals surface area contributed by atoms with E-state index in [2.05, 4.69) is 44.3 Å². The standard InChI is InChI=1S/C21H29N5O/c27-21(23-19-10-4-5-11-19)25-12-6-9-18(15-25)13-20-24-22-16-26(20)14-17-7-2-1-3-8-17/h1-3,7-8,16,18-19H,4-6,9-15H2,(H,23,27). The second-order valence-corrected chi connectivity index (χ2v) is 7.95. The van der Waals surface area contributed by atoms with E-state index in [1.807, 2.05) is 17.3 Å². The number of amides is 2. The number of hydrogen-bond donors (Lipinski definition) is 1. The SMILES string of the molecule is O=C(NC1CCCC1)N1CCCC(Cc2nncn2Cc2ccccc2)C1. The smallest absolute Gasteiger partial charge is 0.317 e. The first-order valence-electron chi connectivity index (χ1n) is 10.2. The quantitative estimate of drug-likeness (QED) is 0.882. The summed E-state index contributed by atoms with van der Waals surface area (Å²) in [4.78, 5) is 14.6. The minimum atomic E-state index is 0.123. The zero-order valence-electron chi connectivity index (χ0n) is 15.9. The van der Waals surface area contributed by atoms with Crippen LogP contribution in [0.3, 0.4) is 0 Å². The minimum absolute atomic E-state index is 0.123. The molecule has 2 aliphatic rings. The van der Waals surface area contributed by atoms with Crippen molar-refractivity contribution in [1.29, 1.82) is 0 Å². The van der Waals surface area contributed by atoms with E-state index in [9.17, 15) is 4.79 Å². The van der Waals surface area contributed by atoms with Crippen LogP contribution in [-0.4, -0.2) is 44.8 Å². The van der Waals surface area contributed by atoms with Gasteiger partial charge < -0.3 is 14.8 Å². The molecule has 6 heteroatoms. The number of piperidine rings is 1. The Kier molecular flexibility index (Phi) is 5.70. The molecule has 1 aliphatic carbocycles. The molecule has 1 aromatic carbocycles. The predicted octanol–water partition coefficient (Wildman–Crippen LogP) is 3.23. The summed E-state index contributed by atoms with van der Waals surface area (Å²) in [5, 5.41) is 11.7. The fourth-order valence-corrected chi connectivity index (χ4v) is 4.36. The van der Waals surface area contributed by atoms with Crippen molar-refractivity contribution < 1.29 is 4.79 Å². The maximum absolute atomic E-state index is 12.6. The first-order valence-corrected chi connectivity index (χ1v) is 10.2. The number of carbonyl (C=O) groups is 1. The van der Waals surface area contributed by atoms with E-state index < -0.39 is 0 Å². The van der Waals surface area contributed by atoms with Crippen LogP contribution in [-0.2, 0) is 13.0 Å². The van der Waals surface area contributed by atoms with E-state index in [0.717, 1.165) is 57.6 Å². The van der Waals surface area contributed by atoms with Crippen LogP contribution in [0, 0.1) is 5.92 Å². The molecule has 1 unspecified atom stereocenters. The monoisotopic (exact) mass is 367 g/mol. The van der Waals surface area contributed by atoms with Gasteiger partial charge in [0.05, 0.1) is 6.54 Å². The summed E-state index contributed by atoms with van der Waals surface area (Å²) in [6, 6.07) is 10.9. The fourth-order valence-electron chi connectivity index (χ4n) is 4.36. The van der Waals surface area contributed by atoms with E-state index in [0.29, 0.717) is 12.0 Å². The van der Waals surface area contributed by atoms with Gasteiger partial charge in [-0.15, -0.1) is 10.2 Å². The molecule has 0 radical (unpaired) electrons. The summed E-state index contributed by atoms with van der Waals surface area (Å²) in [5.74, 6) is 1.47. The third kappa shape index (κ3) is 4.67. The molecular weight excluding hydrogens is 338 g/mol. The van der Waals surface area contributed by atoms with Gasteiger partial charge in [0.1, 0.15) is 12.2 Å². The largest absolute Gasteiger partial charge is 0.335 e. The number of aromatic nitrogens is 3. The molecule has 144 valence electrons. The van der Waals surface area contributed by atoms with Gasteiger partial charge in [0, 0.05) is 25.6 Å². The van der Waals surface area contributed by atoms with Crippen molar-refractivity contribution in [2.24, 2.45) is 5.92 Å². The average Bonchev–Trinajstić information content (AvgIpc) is 3.35. The molecule has 2 heterocycles. The molecule has 1 aliphatic heterocycles. The zero-order chi connectivity index (χ0) is 18.5.